The molecule has 9 heteroatoms. The van der Waals surface area contributed by atoms with E-state index in [1.807, 2.05) is 0 Å². The molecule has 96 valence electrons. The molecular formula is C8H15Cl2NaO5P+. The first-order valence-electron chi connectivity index (χ1n) is 4.75. The van der Waals surface area contributed by atoms with Gasteiger partial charge in [0.1, 0.15) is 0 Å². The predicted octanol–water partition coefficient (Wildman–Crippen LogP) is -0.315. The Morgan fingerprint density at radius 2 is 1.94 bits per heavy atom. The molecule has 0 aromatic heterocycles. The molecule has 0 aliphatic heterocycles. The van der Waals surface area contributed by atoms with Crippen molar-refractivity contribution in [2.75, 3.05) is 6.61 Å². The number of ether oxygens (including phenoxy) is 1. The van der Waals surface area contributed by atoms with E-state index < -0.39 is 23.7 Å². The van der Waals surface area contributed by atoms with Gasteiger partial charge >= 0.3 is 47.2 Å². The molecule has 0 spiro atoms. The average molecular weight is 316 g/mol. The smallest absolute Gasteiger partial charge is 0.460 e. The average Bonchev–Trinajstić information content (AvgIpc) is 2.16. The molecule has 0 aromatic rings. The van der Waals surface area contributed by atoms with Crippen LogP contribution in [0.1, 0.15) is 27.2 Å². The fraction of sp³-hybridized carbons (Fsp3) is 0.875. The van der Waals surface area contributed by atoms with Crippen LogP contribution in [0.15, 0.2) is 0 Å². The summed E-state index contributed by atoms with van der Waals surface area (Å²) in [6, 6.07) is 0. The first-order chi connectivity index (χ1) is 7.19. The zero-order valence-electron chi connectivity index (χ0n) is 10.3. The van der Waals surface area contributed by atoms with E-state index in [0.29, 0.717) is 6.42 Å². The minimum atomic E-state index is -4.46. The summed E-state index contributed by atoms with van der Waals surface area (Å²) in [6.45, 7) is 4.78. The maximum absolute atomic E-state index is 11.5. The Labute approximate surface area is 133 Å². The second kappa shape index (κ2) is 8.39. The standard InChI is InChI=1S/C8H15Cl2O5P.Na/c1-4-6(3)15-7(11)8(9,10)16(12,13)14-5-2;/h6H,4-5H2,1-3H3,(H,12,13);/q;+1. The van der Waals surface area contributed by atoms with Crippen molar-refractivity contribution in [3.63, 3.8) is 0 Å². The Kier molecular flexibility index (Phi) is 10.1. The Morgan fingerprint density at radius 1 is 1.47 bits per heavy atom. The van der Waals surface area contributed by atoms with Crippen molar-refractivity contribution in [2.24, 2.45) is 0 Å². The van der Waals surface area contributed by atoms with Crippen LogP contribution in [-0.4, -0.2) is 27.6 Å². The fourth-order valence-corrected chi connectivity index (χ4v) is 1.89. The molecule has 17 heavy (non-hydrogen) atoms. The molecular weight excluding hydrogens is 301 g/mol. The molecule has 0 bridgehead atoms. The molecule has 0 radical (unpaired) electrons. The quantitative estimate of drug-likeness (QED) is 0.315. The number of halogens is 2. The van der Waals surface area contributed by atoms with Crippen LogP contribution in [-0.2, 0) is 18.6 Å². The number of hydrogen-bond donors (Lipinski definition) is 1. The van der Waals surface area contributed by atoms with Crippen LogP contribution in [0.25, 0.3) is 0 Å². The SMILES string of the molecule is CCOP(=O)(O)C(Cl)(Cl)C(=O)OC(C)CC.[Na+]. The van der Waals surface area contributed by atoms with E-state index in [1.165, 1.54) is 6.92 Å². The number of esters is 1. The van der Waals surface area contributed by atoms with Gasteiger partial charge in [0.2, 0.25) is 0 Å². The zero-order valence-corrected chi connectivity index (χ0v) is 14.7. The van der Waals surface area contributed by atoms with Gasteiger partial charge in [-0.3, -0.25) is 4.57 Å². The second-order valence-corrected chi connectivity index (χ2v) is 6.93. The Morgan fingerprint density at radius 3 is 2.29 bits per heavy atom. The van der Waals surface area contributed by atoms with Crippen molar-refractivity contribution < 1.29 is 53.1 Å². The third-order valence-electron chi connectivity index (χ3n) is 1.79. The molecule has 1 N–H and O–H groups in total. The van der Waals surface area contributed by atoms with Gasteiger partial charge < -0.3 is 14.2 Å². The maximum atomic E-state index is 11.5. The summed E-state index contributed by atoms with van der Waals surface area (Å²) in [5.41, 5.74) is 0. The van der Waals surface area contributed by atoms with E-state index in [1.54, 1.807) is 13.8 Å². The Bertz CT molecular complexity index is 300. The van der Waals surface area contributed by atoms with E-state index in [-0.39, 0.29) is 36.2 Å². The Hall–Kier alpha value is 1.20. The van der Waals surface area contributed by atoms with Crippen LogP contribution in [0.2, 0.25) is 0 Å². The first kappa shape index (κ1) is 20.5. The summed E-state index contributed by atoms with van der Waals surface area (Å²) in [5.74, 6) is -1.18. The number of hydrogen-bond acceptors (Lipinski definition) is 4. The van der Waals surface area contributed by atoms with Gasteiger partial charge in [0, 0.05) is 0 Å². The van der Waals surface area contributed by atoms with E-state index in [4.69, 9.17) is 27.9 Å². The van der Waals surface area contributed by atoms with Crippen molar-refractivity contribution in [3.05, 3.63) is 0 Å². The molecule has 0 aliphatic carbocycles. The number of carbonyl (C=O) groups excluding carboxylic acids is 1. The van der Waals surface area contributed by atoms with Crippen LogP contribution in [0.4, 0.5) is 0 Å². The summed E-state index contributed by atoms with van der Waals surface area (Å²) in [5, 5.41) is 0. The number of alkyl halides is 2. The molecule has 0 aromatic carbocycles. The van der Waals surface area contributed by atoms with Crippen LogP contribution in [0.3, 0.4) is 0 Å². The fourth-order valence-electron chi connectivity index (χ4n) is 0.708. The number of rotatable bonds is 6. The third kappa shape index (κ3) is 5.79. The van der Waals surface area contributed by atoms with Gasteiger partial charge in [0.25, 0.3) is 0 Å². The van der Waals surface area contributed by atoms with Gasteiger partial charge in [-0.2, -0.15) is 0 Å². The van der Waals surface area contributed by atoms with E-state index in [9.17, 15) is 14.3 Å². The van der Waals surface area contributed by atoms with Gasteiger partial charge in [0.05, 0.1) is 12.7 Å². The van der Waals surface area contributed by atoms with Crippen molar-refractivity contribution in [2.45, 2.75) is 37.4 Å². The largest absolute Gasteiger partial charge is 1.00 e. The minimum absolute atomic E-state index is 0. The van der Waals surface area contributed by atoms with Crippen molar-refractivity contribution >= 4 is 36.8 Å². The summed E-state index contributed by atoms with van der Waals surface area (Å²) >= 11 is 11.0. The summed E-state index contributed by atoms with van der Waals surface area (Å²) < 4.78 is 18.2. The minimum Gasteiger partial charge on any atom is -0.460 e. The molecule has 0 fully saturated rings. The van der Waals surface area contributed by atoms with Crippen molar-refractivity contribution in [1.82, 2.24) is 0 Å². The van der Waals surface area contributed by atoms with Gasteiger partial charge in [-0.15, -0.1) is 0 Å². The van der Waals surface area contributed by atoms with Crippen LogP contribution >= 0.6 is 30.8 Å². The van der Waals surface area contributed by atoms with Gasteiger partial charge in [0.15, 0.2) is 0 Å². The number of carbonyl (C=O) groups is 1. The summed E-state index contributed by atoms with van der Waals surface area (Å²) in [6.07, 6.45) is 0.103. The third-order valence-corrected chi connectivity index (χ3v) is 4.88. The van der Waals surface area contributed by atoms with Crippen molar-refractivity contribution in [1.29, 1.82) is 0 Å². The molecule has 0 aliphatic rings. The normalized spacial score (nSPS) is 16.6. The van der Waals surface area contributed by atoms with Crippen LogP contribution < -0.4 is 29.6 Å². The first-order valence-corrected chi connectivity index (χ1v) is 7.08. The zero-order chi connectivity index (χ0) is 13.0. The molecule has 0 amide bonds. The van der Waals surface area contributed by atoms with Gasteiger partial charge in [-0.25, -0.2) is 4.79 Å². The Balaban J connectivity index is 0. The molecule has 0 saturated carbocycles. The summed E-state index contributed by atoms with van der Waals surface area (Å²) in [7, 11) is -4.46. The second-order valence-electron chi connectivity index (χ2n) is 3.10. The van der Waals surface area contributed by atoms with E-state index >= 15 is 0 Å². The summed E-state index contributed by atoms with van der Waals surface area (Å²) in [4.78, 5) is 20.8. The molecule has 0 saturated heterocycles. The molecule has 0 rings (SSSR count). The monoisotopic (exact) mass is 315 g/mol. The van der Waals surface area contributed by atoms with E-state index in [2.05, 4.69) is 4.52 Å². The molecule has 5 nitrogen and oxygen atoms in total. The van der Waals surface area contributed by atoms with Crippen LogP contribution in [0.5, 0.6) is 0 Å². The van der Waals surface area contributed by atoms with Gasteiger partial charge in [-0.1, -0.05) is 30.1 Å². The maximum Gasteiger partial charge on any atom is 1.00 e. The molecule has 0 heterocycles. The molecule has 2 atom stereocenters. The topological polar surface area (TPSA) is 72.8 Å². The van der Waals surface area contributed by atoms with Crippen LogP contribution in [0, 0.1) is 0 Å². The predicted molar refractivity (Wildman–Crippen MR) is 61.7 cm³/mol. The van der Waals surface area contributed by atoms with E-state index in [0.717, 1.165) is 0 Å². The molecule has 2 unspecified atom stereocenters. The van der Waals surface area contributed by atoms with Gasteiger partial charge in [-0.05, 0) is 20.3 Å². The van der Waals surface area contributed by atoms with Crippen molar-refractivity contribution in [3.8, 4) is 0 Å².